The third kappa shape index (κ3) is 9.05. The van der Waals surface area contributed by atoms with Gasteiger partial charge in [-0.2, -0.15) is 4.31 Å². The Balaban J connectivity index is 1.40. The standard InChI is InChI=1S/C33H36F3N5O6S2/c1-5-6-21-7-9-22(10-8-21)18-38-29(42)27-20-40(31-39-25-17-26(37-19-28(25)48-31)30(43)47-32(2,3)4)15-16-41(27)49(44,45)24-13-11-23(12-14-24)46-33(34,35)36/h7-14,17,19,27H,5-6,15-16,18,20H2,1-4H3,(H,38,42)/t27-/m1/s1. The van der Waals surface area contributed by atoms with Gasteiger partial charge in [-0.05, 0) is 68.7 Å². The maximum absolute atomic E-state index is 13.9. The van der Waals surface area contributed by atoms with E-state index in [9.17, 15) is 31.2 Å². The topological polar surface area (TPSA) is 131 Å². The summed E-state index contributed by atoms with van der Waals surface area (Å²) in [5.74, 6) is -1.73. The van der Waals surface area contributed by atoms with Crippen LogP contribution in [0.25, 0.3) is 10.2 Å². The van der Waals surface area contributed by atoms with Crippen LogP contribution >= 0.6 is 11.3 Å². The summed E-state index contributed by atoms with van der Waals surface area (Å²) in [6.45, 7) is 7.44. The number of hydrogen-bond donors (Lipinski definition) is 1. The number of anilines is 1. The molecule has 0 spiro atoms. The molecule has 3 heterocycles. The largest absolute Gasteiger partial charge is 0.573 e. The Bertz CT molecular complexity index is 1910. The molecule has 1 fully saturated rings. The molecule has 1 aliphatic heterocycles. The molecular formula is C33H36F3N5O6S2. The van der Waals surface area contributed by atoms with Gasteiger partial charge < -0.3 is 19.7 Å². The Morgan fingerprint density at radius 1 is 1.02 bits per heavy atom. The van der Waals surface area contributed by atoms with Gasteiger partial charge in [0.25, 0.3) is 0 Å². The van der Waals surface area contributed by atoms with Crippen LogP contribution in [0.4, 0.5) is 18.3 Å². The van der Waals surface area contributed by atoms with Gasteiger partial charge in [0, 0.05) is 32.4 Å². The van der Waals surface area contributed by atoms with Crippen molar-refractivity contribution in [3.63, 3.8) is 0 Å². The van der Waals surface area contributed by atoms with Crippen LogP contribution in [0.3, 0.4) is 0 Å². The molecule has 1 amide bonds. The molecule has 1 saturated heterocycles. The number of amides is 1. The molecule has 1 aliphatic rings. The van der Waals surface area contributed by atoms with Gasteiger partial charge in [-0.15, -0.1) is 13.2 Å². The molecule has 1 atom stereocenters. The van der Waals surface area contributed by atoms with E-state index in [-0.39, 0.29) is 36.8 Å². The summed E-state index contributed by atoms with van der Waals surface area (Å²) in [7, 11) is -4.34. The first kappa shape index (κ1) is 36.0. The van der Waals surface area contributed by atoms with Crippen molar-refractivity contribution in [1.82, 2.24) is 19.6 Å². The van der Waals surface area contributed by atoms with Crippen LogP contribution in [-0.2, 0) is 32.5 Å². The second kappa shape index (κ2) is 14.3. The van der Waals surface area contributed by atoms with Gasteiger partial charge in [-0.1, -0.05) is 48.9 Å². The molecular weight excluding hydrogens is 684 g/mol. The number of carbonyl (C=O) groups is 2. The van der Waals surface area contributed by atoms with Crippen LogP contribution in [0.5, 0.6) is 5.75 Å². The molecule has 2 aromatic heterocycles. The number of rotatable bonds is 10. The Hall–Kier alpha value is -4.28. The van der Waals surface area contributed by atoms with E-state index in [1.165, 1.54) is 23.6 Å². The molecule has 2 aromatic carbocycles. The van der Waals surface area contributed by atoms with Crippen LogP contribution in [0, 0.1) is 0 Å². The van der Waals surface area contributed by atoms with Crippen molar-refractivity contribution in [2.24, 2.45) is 0 Å². The second-order valence-corrected chi connectivity index (χ2v) is 15.3. The highest BCUT2D eigenvalue weighted by Crippen LogP contribution is 2.32. The number of esters is 1. The van der Waals surface area contributed by atoms with Gasteiger partial charge in [0.15, 0.2) is 10.8 Å². The van der Waals surface area contributed by atoms with Crippen LogP contribution < -0.4 is 15.0 Å². The summed E-state index contributed by atoms with van der Waals surface area (Å²) < 4.78 is 76.8. The summed E-state index contributed by atoms with van der Waals surface area (Å²) in [5, 5.41) is 3.34. The Morgan fingerprint density at radius 3 is 2.33 bits per heavy atom. The number of halogens is 3. The van der Waals surface area contributed by atoms with E-state index >= 15 is 0 Å². The first-order chi connectivity index (χ1) is 23.0. The van der Waals surface area contributed by atoms with E-state index in [0.717, 1.165) is 52.5 Å². The molecule has 11 nitrogen and oxygen atoms in total. The van der Waals surface area contributed by atoms with Crippen molar-refractivity contribution < 1.29 is 40.7 Å². The van der Waals surface area contributed by atoms with Gasteiger partial charge in [0.1, 0.15) is 17.4 Å². The lowest BCUT2D eigenvalue weighted by atomic mass is 10.1. The van der Waals surface area contributed by atoms with Crippen LogP contribution in [0.2, 0.25) is 0 Å². The zero-order valence-corrected chi connectivity index (χ0v) is 28.9. The smallest absolute Gasteiger partial charge is 0.455 e. The monoisotopic (exact) mass is 719 g/mol. The fraction of sp³-hybridized carbons (Fsp3) is 0.394. The fourth-order valence-corrected chi connectivity index (χ4v) is 7.73. The number of aromatic nitrogens is 2. The molecule has 5 rings (SSSR count). The predicted octanol–water partition coefficient (Wildman–Crippen LogP) is 5.69. The van der Waals surface area contributed by atoms with E-state index in [0.29, 0.717) is 15.3 Å². The van der Waals surface area contributed by atoms with E-state index in [2.05, 4.69) is 26.9 Å². The van der Waals surface area contributed by atoms with Crippen molar-refractivity contribution in [2.75, 3.05) is 24.5 Å². The van der Waals surface area contributed by atoms with Gasteiger partial charge in [0.2, 0.25) is 15.9 Å². The highest BCUT2D eigenvalue weighted by molar-refractivity contribution is 7.89. The molecule has 0 radical (unpaired) electrons. The van der Waals surface area contributed by atoms with Gasteiger partial charge >= 0.3 is 12.3 Å². The number of ether oxygens (including phenoxy) is 2. The van der Waals surface area contributed by atoms with E-state index in [4.69, 9.17) is 4.74 Å². The number of thiazole rings is 1. The van der Waals surface area contributed by atoms with Crippen molar-refractivity contribution in [3.8, 4) is 5.75 Å². The molecule has 49 heavy (non-hydrogen) atoms. The van der Waals surface area contributed by atoms with Crippen molar-refractivity contribution in [1.29, 1.82) is 0 Å². The lowest BCUT2D eigenvalue weighted by molar-refractivity contribution is -0.274. The second-order valence-electron chi connectivity index (χ2n) is 12.4. The van der Waals surface area contributed by atoms with Crippen LogP contribution in [0.1, 0.15) is 55.7 Å². The minimum atomic E-state index is -4.94. The average molecular weight is 720 g/mol. The Morgan fingerprint density at radius 2 is 1.69 bits per heavy atom. The van der Waals surface area contributed by atoms with Gasteiger partial charge in [-0.3, -0.25) is 4.79 Å². The zero-order chi connectivity index (χ0) is 35.6. The lowest BCUT2D eigenvalue weighted by Gasteiger charge is -2.39. The highest BCUT2D eigenvalue weighted by Gasteiger charge is 2.41. The number of nitrogens with one attached hydrogen (secondary N) is 1. The maximum atomic E-state index is 13.9. The van der Waals surface area contributed by atoms with E-state index < -0.39 is 45.7 Å². The normalized spacial score (nSPS) is 16.1. The number of fused-ring (bicyclic) bond motifs is 1. The third-order valence-corrected chi connectivity index (χ3v) is 10.5. The van der Waals surface area contributed by atoms with E-state index in [1.54, 1.807) is 25.7 Å². The molecule has 1 N–H and O–H groups in total. The third-order valence-electron chi connectivity index (χ3n) is 7.47. The number of aryl methyl sites for hydroxylation is 1. The molecule has 0 bridgehead atoms. The maximum Gasteiger partial charge on any atom is 0.573 e. The summed E-state index contributed by atoms with van der Waals surface area (Å²) in [4.78, 5) is 36.7. The molecule has 0 saturated carbocycles. The first-order valence-corrected chi connectivity index (χ1v) is 17.8. The summed E-state index contributed by atoms with van der Waals surface area (Å²) in [6.07, 6.45) is -1.51. The fourth-order valence-electron chi connectivity index (χ4n) is 5.21. The summed E-state index contributed by atoms with van der Waals surface area (Å²) in [6, 6.07) is 11.9. The first-order valence-electron chi connectivity index (χ1n) is 15.5. The van der Waals surface area contributed by atoms with Gasteiger partial charge in [0.05, 0.1) is 15.1 Å². The van der Waals surface area contributed by atoms with Crippen molar-refractivity contribution >= 4 is 48.6 Å². The molecule has 0 aliphatic carbocycles. The Labute approximate surface area is 286 Å². The number of sulfonamides is 1. The van der Waals surface area contributed by atoms with Crippen molar-refractivity contribution in [2.45, 2.75) is 70.0 Å². The number of pyridine rings is 1. The number of carbonyl (C=O) groups excluding carboxylic acids is 2. The molecule has 16 heteroatoms. The summed E-state index contributed by atoms with van der Waals surface area (Å²) in [5.41, 5.74) is 1.85. The predicted molar refractivity (Wildman–Crippen MR) is 178 cm³/mol. The molecule has 4 aromatic rings. The van der Waals surface area contributed by atoms with Crippen LogP contribution in [0.15, 0.2) is 65.7 Å². The number of benzene rings is 2. The molecule has 0 unspecified atom stereocenters. The Kier molecular flexibility index (Phi) is 10.5. The highest BCUT2D eigenvalue weighted by atomic mass is 32.2. The number of piperazine rings is 1. The minimum absolute atomic E-state index is 0.0675. The lowest BCUT2D eigenvalue weighted by Crippen LogP contribution is -2.60. The number of nitrogens with zero attached hydrogens (tertiary/aromatic N) is 4. The average Bonchev–Trinajstić information content (AvgIpc) is 3.46. The zero-order valence-electron chi connectivity index (χ0n) is 27.3. The van der Waals surface area contributed by atoms with Gasteiger partial charge in [-0.25, -0.2) is 23.2 Å². The minimum Gasteiger partial charge on any atom is -0.455 e. The molecule has 262 valence electrons. The number of alkyl halides is 3. The van der Waals surface area contributed by atoms with Crippen molar-refractivity contribution in [3.05, 3.63) is 77.6 Å². The SMILES string of the molecule is CCCc1ccc(CNC(=O)[C@H]2CN(c3nc4cc(C(=O)OC(C)(C)C)ncc4s3)CCN2S(=O)(=O)c2ccc(OC(F)(F)F)cc2)cc1. The van der Waals surface area contributed by atoms with Crippen LogP contribution in [-0.4, -0.2) is 72.2 Å². The summed E-state index contributed by atoms with van der Waals surface area (Å²) >= 11 is 1.27. The number of hydrogen-bond acceptors (Lipinski definition) is 10. The van der Waals surface area contributed by atoms with E-state index in [1.807, 2.05) is 24.3 Å². The quantitative estimate of drug-likeness (QED) is 0.205.